The lowest BCUT2D eigenvalue weighted by Gasteiger charge is -2.03. The number of hydrogen-bond acceptors (Lipinski definition) is 3. The van der Waals surface area contributed by atoms with Gasteiger partial charge in [-0.3, -0.25) is 0 Å². The lowest BCUT2D eigenvalue weighted by molar-refractivity contribution is 0.744. The molecule has 0 saturated heterocycles. The molecule has 0 spiro atoms. The van der Waals surface area contributed by atoms with E-state index in [-0.39, 0.29) is 0 Å². The van der Waals surface area contributed by atoms with Gasteiger partial charge in [-0.15, -0.1) is 0 Å². The molecular formula is C12H16N4. The predicted octanol–water partition coefficient (Wildman–Crippen LogP) is 1.55. The average Bonchev–Trinajstić information content (AvgIpc) is 2.84. The number of benzene rings is 1. The Hall–Kier alpha value is -1.68. The fourth-order valence-corrected chi connectivity index (χ4v) is 1.63. The van der Waals surface area contributed by atoms with Gasteiger partial charge in [0.2, 0.25) is 0 Å². The van der Waals surface area contributed by atoms with Crippen molar-refractivity contribution < 1.29 is 0 Å². The standard InChI is InChI=1S/C12H16N4/c13-8-2-1-3-11-4-6-12(7-5-11)16-10-14-9-15-16/h4-7,9-10H,1-3,8,13H2. The van der Waals surface area contributed by atoms with Gasteiger partial charge in [0.15, 0.2) is 0 Å². The summed E-state index contributed by atoms with van der Waals surface area (Å²) >= 11 is 0. The molecule has 0 bridgehead atoms. The third-order valence-electron chi connectivity index (χ3n) is 2.54. The summed E-state index contributed by atoms with van der Waals surface area (Å²) in [6, 6.07) is 8.39. The van der Waals surface area contributed by atoms with Crippen molar-refractivity contribution in [1.82, 2.24) is 14.8 Å². The van der Waals surface area contributed by atoms with E-state index in [1.54, 1.807) is 11.0 Å². The first-order chi connectivity index (χ1) is 7.90. The van der Waals surface area contributed by atoms with Gasteiger partial charge in [0.1, 0.15) is 12.7 Å². The van der Waals surface area contributed by atoms with Crippen LogP contribution in [-0.4, -0.2) is 21.3 Å². The maximum atomic E-state index is 5.46. The summed E-state index contributed by atoms with van der Waals surface area (Å²) in [5.74, 6) is 0. The highest BCUT2D eigenvalue weighted by molar-refractivity contribution is 5.33. The van der Waals surface area contributed by atoms with Crippen LogP contribution in [-0.2, 0) is 6.42 Å². The third-order valence-corrected chi connectivity index (χ3v) is 2.54. The number of aryl methyl sites for hydroxylation is 1. The lowest BCUT2D eigenvalue weighted by atomic mass is 10.1. The van der Waals surface area contributed by atoms with Gasteiger partial charge < -0.3 is 5.73 Å². The molecule has 1 heterocycles. The maximum absolute atomic E-state index is 5.46. The summed E-state index contributed by atoms with van der Waals surface area (Å²) in [6.07, 6.45) is 6.57. The van der Waals surface area contributed by atoms with E-state index >= 15 is 0 Å². The van der Waals surface area contributed by atoms with Gasteiger partial charge in [0.25, 0.3) is 0 Å². The molecule has 0 fully saturated rings. The normalized spacial score (nSPS) is 10.6. The molecule has 0 aliphatic heterocycles. The van der Waals surface area contributed by atoms with Crippen molar-refractivity contribution in [2.75, 3.05) is 6.54 Å². The lowest BCUT2D eigenvalue weighted by Crippen LogP contribution is -1.99. The molecule has 2 N–H and O–H groups in total. The number of nitrogens with zero attached hydrogens (tertiary/aromatic N) is 3. The number of hydrogen-bond donors (Lipinski definition) is 1. The number of nitrogens with two attached hydrogens (primary N) is 1. The molecule has 84 valence electrons. The van der Waals surface area contributed by atoms with E-state index in [1.807, 2.05) is 0 Å². The molecule has 2 aromatic rings. The minimum atomic E-state index is 0.775. The zero-order chi connectivity index (χ0) is 11.2. The number of rotatable bonds is 5. The third kappa shape index (κ3) is 2.67. The molecule has 0 aliphatic carbocycles. The summed E-state index contributed by atoms with van der Waals surface area (Å²) in [6.45, 7) is 0.775. The Morgan fingerprint density at radius 1 is 1.12 bits per heavy atom. The maximum Gasteiger partial charge on any atom is 0.138 e. The van der Waals surface area contributed by atoms with Gasteiger partial charge in [-0.25, -0.2) is 9.67 Å². The van der Waals surface area contributed by atoms with Crippen LogP contribution in [0, 0.1) is 0 Å². The molecule has 0 atom stereocenters. The molecule has 1 aromatic carbocycles. The SMILES string of the molecule is NCCCCc1ccc(-n2cncn2)cc1. The highest BCUT2D eigenvalue weighted by atomic mass is 15.3. The molecule has 0 saturated carbocycles. The highest BCUT2D eigenvalue weighted by Crippen LogP contribution is 2.10. The van der Waals surface area contributed by atoms with Gasteiger partial charge >= 0.3 is 0 Å². The van der Waals surface area contributed by atoms with Crippen LogP contribution in [0.15, 0.2) is 36.9 Å². The summed E-state index contributed by atoms with van der Waals surface area (Å²) in [5.41, 5.74) is 7.85. The molecule has 0 amide bonds. The van der Waals surface area contributed by atoms with Gasteiger partial charge in [-0.2, -0.15) is 5.10 Å². The Kier molecular flexibility index (Phi) is 3.66. The average molecular weight is 216 g/mol. The monoisotopic (exact) mass is 216 g/mol. The van der Waals surface area contributed by atoms with Crippen molar-refractivity contribution in [2.24, 2.45) is 5.73 Å². The van der Waals surface area contributed by atoms with Crippen LogP contribution in [0.1, 0.15) is 18.4 Å². The molecule has 4 nitrogen and oxygen atoms in total. The summed E-state index contributed by atoms with van der Waals surface area (Å²) in [5, 5.41) is 4.08. The molecular weight excluding hydrogens is 200 g/mol. The second-order valence-electron chi connectivity index (χ2n) is 3.75. The number of unbranched alkanes of at least 4 members (excludes halogenated alkanes) is 1. The molecule has 0 aliphatic rings. The van der Waals surface area contributed by atoms with Crippen molar-refractivity contribution in [3.63, 3.8) is 0 Å². The summed E-state index contributed by atoms with van der Waals surface area (Å²) in [4.78, 5) is 3.92. The minimum Gasteiger partial charge on any atom is -0.330 e. The van der Waals surface area contributed by atoms with E-state index in [0.29, 0.717) is 0 Å². The number of aromatic nitrogens is 3. The van der Waals surface area contributed by atoms with Gasteiger partial charge in [-0.05, 0) is 43.5 Å². The zero-order valence-electron chi connectivity index (χ0n) is 9.21. The molecule has 4 heteroatoms. The van der Waals surface area contributed by atoms with E-state index in [0.717, 1.165) is 31.5 Å². The molecule has 0 radical (unpaired) electrons. The topological polar surface area (TPSA) is 56.7 Å². The fourth-order valence-electron chi connectivity index (χ4n) is 1.63. The van der Waals surface area contributed by atoms with Crippen LogP contribution in [0.5, 0.6) is 0 Å². The van der Waals surface area contributed by atoms with Crippen LogP contribution in [0.25, 0.3) is 5.69 Å². The molecule has 16 heavy (non-hydrogen) atoms. The second-order valence-corrected chi connectivity index (χ2v) is 3.75. The van der Waals surface area contributed by atoms with Crippen LogP contribution in [0.3, 0.4) is 0 Å². The predicted molar refractivity (Wildman–Crippen MR) is 63.4 cm³/mol. The van der Waals surface area contributed by atoms with Crippen molar-refractivity contribution in [3.05, 3.63) is 42.5 Å². The first-order valence-electron chi connectivity index (χ1n) is 5.54. The van der Waals surface area contributed by atoms with Crippen LogP contribution in [0.2, 0.25) is 0 Å². The Balaban J connectivity index is 2.00. The second kappa shape index (κ2) is 5.42. The largest absolute Gasteiger partial charge is 0.330 e. The van der Waals surface area contributed by atoms with Gasteiger partial charge in [0, 0.05) is 0 Å². The van der Waals surface area contributed by atoms with E-state index in [1.165, 1.54) is 11.9 Å². The molecule has 2 rings (SSSR count). The van der Waals surface area contributed by atoms with E-state index in [2.05, 4.69) is 34.3 Å². The Bertz CT molecular complexity index is 405. The Morgan fingerprint density at radius 2 is 1.94 bits per heavy atom. The Morgan fingerprint density at radius 3 is 2.56 bits per heavy atom. The van der Waals surface area contributed by atoms with E-state index in [4.69, 9.17) is 5.73 Å². The minimum absolute atomic E-state index is 0.775. The summed E-state index contributed by atoms with van der Waals surface area (Å²) < 4.78 is 1.75. The Labute approximate surface area is 95.1 Å². The van der Waals surface area contributed by atoms with Crippen molar-refractivity contribution >= 4 is 0 Å². The first kappa shape index (κ1) is 10.8. The van der Waals surface area contributed by atoms with Crippen LogP contribution in [0.4, 0.5) is 0 Å². The molecule has 1 aromatic heterocycles. The van der Waals surface area contributed by atoms with Gasteiger partial charge in [0.05, 0.1) is 5.69 Å². The van der Waals surface area contributed by atoms with Crippen LogP contribution >= 0.6 is 0 Å². The highest BCUT2D eigenvalue weighted by Gasteiger charge is 1.97. The quantitative estimate of drug-likeness (QED) is 0.771. The van der Waals surface area contributed by atoms with Crippen LogP contribution < -0.4 is 5.73 Å². The zero-order valence-corrected chi connectivity index (χ0v) is 9.21. The molecule has 0 unspecified atom stereocenters. The van der Waals surface area contributed by atoms with Crippen molar-refractivity contribution in [1.29, 1.82) is 0 Å². The van der Waals surface area contributed by atoms with Gasteiger partial charge in [-0.1, -0.05) is 12.1 Å². The van der Waals surface area contributed by atoms with E-state index in [9.17, 15) is 0 Å². The smallest absolute Gasteiger partial charge is 0.138 e. The fraction of sp³-hybridized carbons (Fsp3) is 0.333. The first-order valence-corrected chi connectivity index (χ1v) is 5.54. The summed E-state index contributed by atoms with van der Waals surface area (Å²) in [7, 11) is 0. The van der Waals surface area contributed by atoms with E-state index < -0.39 is 0 Å². The van der Waals surface area contributed by atoms with Crippen molar-refractivity contribution in [3.8, 4) is 5.69 Å². The van der Waals surface area contributed by atoms with Crippen molar-refractivity contribution in [2.45, 2.75) is 19.3 Å².